The molecule has 0 spiro atoms. The molecule has 0 aliphatic heterocycles. The van der Waals surface area contributed by atoms with Crippen LogP contribution in [-0.2, 0) is 5.41 Å². The molecule has 114 valence electrons. The Bertz CT molecular complexity index is 1010. The van der Waals surface area contributed by atoms with Gasteiger partial charge in [-0.3, -0.25) is 0 Å². The van der Waals surface area contributed by atoms with E-state index in [1.54, 1.807) is 0 Å². The monoisotopic (exact) mass is 301 g/mol. The van der Waals surface area contributed by atoms with Gasteiger partial charge in [0, 0.05) is 11.1 Å². The Balaban J connectivity index is 1.91. The molecular weight excluding hydrogens is 282 g/mol. The summed E-state index contributed by atoms with van der Waals surface area (Å²) in [6.07, 6.45) is 0. The van der Waals surface area contributed by atoms with Crippen LogP contribution in [0.3, 0.4) is 0 Å². The van der Waals surface area contributed by atoms with E-state index in [2.05, 4.69) is 75.4 Å². The Labute approximate surface area is 135 Å². The van der Waals surface area contributed by atoms with E-state index in [0.29, 0.717) is 5.89 Å². The first kappa shape index (κ1) is 14.0. The molecule has 0 fully saturated rings. The molecule has 0 radical (unpaired) electrons. The molecule has 4 aromatic rings. The Hall–Kier alpha value is -2.61. The maximum Gasteiger partial charge on any atom is 0.227 e. The maximum absolute atomic E-state index is 6.15. The molecule has 0 atom stereocenters. The predicted molar refractivity (Wildman–Crippen MR) is 95.7 cm³/mol. The number of aromatic nitrogens is 1. The molecule has 0 unspecified atom stereocenters. The van der Waals surface area contributed by atoms with Gasteiger partial charge in [-0.1, -0.05) is 63.2 Å². The van der Waals surface area contributed by atoms with Crippen molar-refractivity contribution in [2.75, 3.05) is 0 Å². The summed E-state index contributed by atoms with van der Waals surface area (Å²) in [7, 11) is 0. The van der Waals surface area contributed by atoms with Crippen molar-refractivity contribution in [2.45, 2.75) is 26.2 Å². The van der Waals surface area contributed by atoms with Crippen LogP contribution in [0, 0.1) is 0 Å². The van der Waals surface area contributed by atoms with Crippen LogP contribution in [0.15, 0.2) is 65.1 Å². The van der Waals surface area contributed by atoms with E-state index in [4.69, 9.17) is 9.40 Å². The average molecular weight is 301 g/mol. The highest BCUT2D eigenvalue weighted by atomic mass is 16.3. The molecule has 3 aromatic carbocycles. The van der Waals surface area contributed by atoms with Gasteiger partial charge in [0.15, 0.2) is 5.58 Å². The van der Waals surface area contributed by atoms with E-state index in [1.807, 2.05) is 6.07 Å². The summed E-state index contributed by atoms with van der Waals surface area (Å²) in [5, 5.41) is 2.42. The number of hydrogen-bond donors (Lipinski definition) is 0. The standard InChI is InChI=1S/C21H19NO/c1-21(2,3)17-9-6-10-18-19(17)23-20(22-18)16-12-11-14-7-4-5-8-15(14)13-16/h4-13H,1-3H3. The van der Waals surface area contributed by atoms with Gasteiger partial charge in [0.25, 0.3) is 0 Å². The highest BCUT2D eigenvalue weighted by molar-refractivity contribution is 5.87. The van der Waals surface area contributed by atoms with Crippen LogP contribution in [0.4, 0.5) is 0 Å². The van der Waals surface area contributed by atoms with Crippen LogP contribution >= 0.6 is 0 Å². The minimum absolute atomic E-state index is 0.0275. The number of fused-ring (bicyclic) bond motifs is 2. The van der Waals surface area contributed by atoms with Crippen molar-refractivity contribution in [2.24, 2.45) is 0 Å². The van der Waals surface area contributed by atoms with Gasteiger partial charge >= 0.3 is 0 Å². The lowest BCUT2D eigenvalue weighted by Crippen LogP contribution is -2.10. The average Bonchev–Trinajstić information content (AvgIpc) is 2.97. The fourth-order valence-electron chi connectivity index (χ4n) is 2.99. The van der Waals surface area contributed by atoms with E-state index in [0.717, 1.165) is 16.7 Å². The van der Waals surface area contributed by atoms with Crippen molar-refractivity contribution < 1.29 is 4.42 Å². The van der Waals surface area contributed by atoms with Gasteiger partial charge in [0.05, 0.1) is 0 Å². The van der Waals surface area contributed by atoms with E-state index < -0.39 is 0 Å². The van der Waals surface area contributed by atoms with Gasteiger partial charge in [0.1, 0.15) is 5.52 Å². The topological polar surface area (TPSA) is 26.0 Å². The molecule has 1 heterocycles. The molecule has 2 nitrogen and oxygen atoms in total. The van der Waals surface area contributed by atoms with E-state index in [1.165, 1.54) is 16.3 Å². The van der Waals surface area contributed by atoms with Crippen LogP contribution in [0.1, 0.15) is 26.3 Å². The fraction of sp³-hybridized carbons (Fsp3) is 0.190. The molecule has 4 rings (SSSR count). The number of oxazole rings is 1. The third kappa shape index (κ3) is 2.40. The Morgan fingerprint density at radius 1 is 0.826 bits per heavy atom. The molecule has 23 heavy (non-hydrogen) atoms. The van der Waals surface area contributed by atoms with Gasteiger partial charge < -0.3 is 4.42 Å². The summed E-state index contributed by atoms with van der Waals surface area (Å²) in [6, 6.07) is 20.8. The van der Waals surface area contributed by atoms with Crippen molar-refractivity contribution in [1.82, 2.24) is 4.98 Å². The Kier molecular flexibility index (Phi) is 3.02. The molecule has 0 amide bonds. The van der Waals surface area contributed by atoms with Crippen molar-refractivity contribution in [3.8, 4) is 11.5 Å². The quantitative estimate of drug-likeness (QED) is 0.434. The molecule has 1 aromatic heterocycles. The van der Waals surface area contributed by atoms with E-state index in [-0.39, 0.29) is 5.41 Å². The highest BCUT2D eigenvalue weighted by Crippen LogP contribution is 2.33. The van der Waals surface area contributed by atoms with Gasteiger partial charge in [-0.05, 0) is 34.4 Å². The zero-order chi connectivity index (χ0) is 16.0. The summed E-state index contributed by atoms with van der Waals surface area (Å²) >= 11 is 0. The lowest BCUT2D eigenvalue weighted by molar-refractivity contribution is 0.561. The molecule has 0 aliphatic rings. The van der Waals surface area contributed by atoms with Crippen molar-refractivity contribution in [1.29, 1.82) is 0 Å². The second-order valence-electron chi connectivity index (χ2n) is 6.98. The number of para-hydroxylation sites is 1. The lowest BCUT2D eigenvalue weighted by atomic mass is 9.86. The number of rotatable bonds is 1. The van der Waals surface area contributed by atoms with Crippen LogP contribution < -0.4 is 0 Å². The van der Waals surface area contributed by atoms with E-state index >= 15 is 0 Å². The molecule has 0 aliphatic carbocycles. The first-order valence-electron chi connectivity index (χ1n) is 7.91. The lowest BCUT2D eigenvalue weighted by Gasteiger charge is -2.18. The zero-order valence-corrected chi connectivity index (χ0v) is 13.6. The summed E-state index contributed by atoms with van der Waals surface area (Å²) in [4.78, 5) is 4.70. The van der Waals surface area contributed by atoms with E-state index in [9.17, 15) is 0 Å². The summed E-state index contributed by atoms with van der Waals surface area (Å²) in [5.74, 6) is 0.683. The normalized spacial score (nSPS) is 12.1. The van der Waals surface area contributed by atoms with Gasteiger partial charge in [-0.2, -0.15) is 0 Å². The largest absolute Gasteiger partial charge is 0.436 e. The summed E-state index contributed by atoms with van der Waals surface area (Å²) < 4.78 is 6.15. The molecule has 0 saturated heterocycles. The summed E-state index contributed by atoms with van der Waals surface area (Å²) in [6.45, 7) is 6.58. The second-order valence-corrected chi connectivity index (χ2v) is 6.98. The first-order valence-corrected chi connectivity index (χ1v) is 7.91. The van der Waals surface area contributed by atoms with Crippen LogP contribution in [0.5, 0.6) is 0 Å². The van der Waals surface area contributed by atoms with Gasteiger partial charge in [-0.25, -0.2) is 4.98 Å². The zero-order valence-electron chi connectivity index (χ0n) is 13.6. The van der Waals surface area contributed by atoms with Gasteiger partial charge in [0.2, 0.25) is 5.89 Å². The SMILES string of the molecule is CC(C)(C)c1cccc2nc(-c3ccc4ccccc4c3)oc12. The Morgan fingerprint density at radius 3 is 2.39 bits per heavy atom. The smallest absolute Gasteiger partial charge is 0.227 e. The number of hydrogen-bond acceptors (Lipinski definition) is 2. The fourth-order valence-corrected chi connectivity index (χ4v) is 2.99. The minimum Gasteiger partial charge on any atom is -0.436 e. The number of nitrogens with zero attached hydrogens (tertiary/aromatic N) is 1. The Morgan fingerprint density at radius 2 is 1.61 bits per heavy atom. The molecule has 0 bridgehead atoms. The van der Waals surface area contributed by atoms with Crippen LogP contribution in [-0.4, -0.2) is 4.98 Å². The molecular formula is C21H19NO. The summed E-state index contributed by atoms with van der Waals surface area (Å²) in [5.41, 5.74) is 4.04. The van der Waals surface area contributed by atoms with Crippen molar-refractivity contribution >= 4 is 21.9 Å². The maximum atomic E-state index is 6.15. The third-order valence-electron chi connectivity index (χ3n) is 4.22. The molecule has 0 saturated carbocycles. The van der Waals surface area contributed by atoms with Gasteiger partial charge in [-0.15, -0.1) is 0 Å². The highest BCUT2D eigenvalue weighted by Gasteiger charge is 2.20. The second kappa shape index (κ2) is 4.95. The van der Waals surface area contributed by atoms with Crippen molar-refractivity contribution in [3.05, 3.63) is 66.2 Å². The first-order chi connectivity index (χ1) is 11.0. The predicted octanol–water partition coefficient (Wildman–Crippen LogP) is 5.95. The van der Waals surface area contributed by atoms with Crippen molar-refractivity contribution in [3.63, 3.8) is 0 Å². The number of benzene rings is 3. The molecule has 2 heteroatoms. The third-order valence-corrected chi connectivity index (χ3v) is 4.22. The van der Waals surface area contributed by atoms with Crippen LogP contribution in [0.2, 0.25) is 0 Å². The molecule has 0 N–H and O–H groups in total. The minimum atomic E-state index is 0.0275. The van der Waals surface area contributed by atoms with Crippen LogP contribution in [0.25, 0.3) is 33.3 Å².